The molecule has 1 heterocycles. The molecule has 1 aliphatic rings. The zero-order valence-electron chi connectivity index (χ0n) is 15.7. The molecule has 0 spiro atoms. The van der Waals surface area contributed by atoms with E-state index in [2.05, 4.69) is 0 Å². The summed E-state index contributed by atoms with van der Waals surface area (Å²) in [5.74, 6) is 2.78. The fraction of sp³-hybridized carbons (Fsp3) is 0.300. The summed E-state index contributed by atoms with van der Waals surface area (Å²) in [6.45, 7) is 0. The molecule has 0 N–H and O–H groups in total. The van der Waals surface area contributed by atoms with Crippen molar-refractivity contribution < 1.29 is 23.7 Å². The summed E-state index contributed by atoms with van der Waals surface area (Å²) in [5, 5.41) is 0. The summed E-state index contributed by atoms with van der Waals surface area (Å²) in [5.41, 5.74) is 2.23. The van der Waals surface area contributed by atoms with Crippen LogP contribution in [0.15, 0.2) is 30.3 Å². The third kappa shape index (κ3) is 3.93. The van der Waals surface area contributed by atoms with Crippen LogP contribution in [0.4, 0.5) is 0 Å². The lowest BCUT2D eigenvalue weighted by molar-refractivity contribution is 0.170. The minimum Gasteiger partial charge on any atom is -0.493 e. The third-order valence-corrected chi connectivity index (χ3v) is 4.96. The van der Waals surface area contributed by atoms with Crippen LogP contribution >= 0.6 is 34.8 Å². The highest BCUT2D eigenvalue weighted by Crippen LogP contribution is 2.50. The van der Waals surface area contributed by atoms with Crippen LogP contribution in [0.1, 0.15) is 22.8 Å². The quantitative estimate of drug-likeness (QED) is 0.556. The molecule has 2 aromatic carbocycles. The Morgan fingerprint density at radius 3 is 1.93 bits per heavy atom. The van der Waals surface area contributed by atoms with Crippen molar-refractivity contribution in [2.75, 3.05) is 28.4 Å². The highest BCUT2D eigenvalue weighted by Gasteiger charge is 2.40. The second-order valence-corrected chi connectivity index (χ2v) is 8.32. The first-order valence-electron chi connectivity index (χ1n) is 8.25. The van der Waals surface area contributed by atoms with Gasteiger partial charge >= 0.3 is 0 Å². The third-order valence-electron chi connectivity index (χ3n) is 4.37. The number of ether oxygens (including phenoxy) is 5. The summed E-state index contributed by atoms with van der Waals surface area (Å²) in [7, 11) is 6.25. The van der Waals surface area contributed by atoms with Gasteiger partial charge < -0.3 is 23.7 Å². The van der Waals surface area contributed by atoms with Crippen LogP contribution in [-0.2, 0) is 4.74 Å². The summed E-state index contributed by atoms with van der Waals surface area (Å²) < 4.78 is 25.8. The Kier molecular flexibility index (Phi) is 6.08. The Bertz CT molecular complexity index is 905. The number of rotatable bonds is 5. The zero-order valence-corrected chi connectivity index (χ0v) is 18.0. The second-order valence-electron chi connectivity index (χ2n) is 5.95. The maximum Gasteiger partial charge on any atom is 0.231 e. The van der Waals surface area contributed by atoms with Crippen LogP contribution in [-0.4, -0.2) is 32.2 Å². The van der Waals surface area contributed by atoms with Crippen LogP contribution in [0.3, 0.4) is 0 Å². The van der Waals surface area contributed by atoms with Gasteiger partial charge in [-0.1, -0.05) is 34.8 Å². The lowest BCUT2D eigenvalue weighted by atomic mass is 9.97. The Hall–Kier alpha value is -1.95. The van der Waals surface area contributed by atoms with E-state index in [1.165, 1.54) is 0 Å². The van der Waals surface area contributed by atoms with Crippen molar-refractivity contribution in [2.24, 2.45) is 0 Å². The van der Waals surface area contributed by atoms with Crippen molar-refractivity contribution in [3.8, 4) is 23.0 Å². The molecule has 0 saturated carbocycles. The maximum atomic E-state index is 6.23. The summed E-state index contributed by atoms with van der Waals surface area (Å²) >= 11 is 18.7. The van der Waals surface area contributed by atoms with Crippen LogP contribution < -0.4 is 18.9 Å². The fourth-order valence-electron chi connectivity index (χ4n) is 3.01. The van der Waals surface area contributed by atoms with Crippen molar-refractivity contribution in [3.05, 3.63) is 47.0 Å². The Morgan fingerprint density at radius 2 is 1.36 bits per heavy atom. The molecule has 8 heteroatoms. The number of hydrogen-bond acceptors (Lipinski definition) is 5. The van der Waals surface area contributed by atoms with E-state index in [1.54, 1.807) is 46.6 Å². The lowest BCUT2D eigenvalue weighted by Gasteiger charge is -2.32. The van der Waals surface area contributed by atoms with Gasteiger partial charge in [0.15, 0.2) is 29.1 Å². The molecule has 1 atom stereocenters. The Labute approximate surface area is 178 Å². The van der Waals surface area contributed by atoms with E-state index < -0.39 is 9.90 Å². The number of methoxy groups -OCH3 is 4. The normalized spacial score (nSPS) is 15.8. The zero-order chi connectivity index (χ0) is 20.5. The average Bonchev–Trinajstić information content (AvgIpc) is 2.70. The number of hydrogen-bond donors (Lipinski definition) is 0. The molecule has 0 amide bonds. The van der Waals surface area contributed by atoms with Crippen molar-refractivity contribution >= 4 is 46.6 Å². The lowest BCUT2D eigenvalue weighted by Crippen LogP contribution is -2.23. The van der Waals surface area contributed by atoms with Crippen molar-refractivity contribution in [1.82, 2.24) is 0 Å². The van der Waals surface area contributed by atoms with Gasteiger partial charge in [0.1, 0.15) is 5.76 Å². The first-order valence-corrected chi connectivity index (χ1v) is 9.39. The molecular weight excluding hydrogens is 427 g/mol. The van der Waals surface area contributed by atoms with Crippen molar-refractivity contribution in [2.45, 2.75) is 9.90 Å². The molecule has 0 fully saturated rings. The van der Waals surface area contributed by atoms with Gasteiger partial charge in [0, 0.05) is 11.1 Å². The van der Waals surface area contributed by atoms with Gasteiger partial charge in [-0.25, -0.2) is 0 Å². The highest BCUT2D eigenvalue weighted by atomic mass is 35.6. The van der Waals surface area contributed by atoms with E-state index in [9.17, 15) is 0 Å². The number of alkyl halides is 3. The smallest absolute Gasteiger partial charge is 0.231 e. The molecule has 0 bridgehead atoms. The van der Waals surface area contributed by atoms with Crippen LogP contribution in [0.5, 0.6) is 23.0 Å². The van der Waals surface area contributed by atoms with Gasteiger partial charge in [0.05, 0.1) is 28.4 Å². The van der Waals surface area contributed by atoms with Crippen molar-refractivity contribution in [1.29, 1.82) is 0 Å². The molecule has 0 radical (unpaired) electrons. The molecule has 3 rings (SSSR count). The molecular formula is C20H19Cl3O5. The largest absolute Gasteiger partial charge is 0.493 e. The van der Waals surface area contributed by atoms with Gasteiger partial charge in [0.25, 0.3) is 0 Å². The van der Waals surface area contributed by atoms with Gasteiger partial charge in [-0.2, -0.15) is 0 Å². The van der Waals surface area contributed by atoms with E-state index >= 15 is 0 Å². The van der Waals surface area contributed by atoms with Crippen molar-refractivity contribution in [3.63, 3.8) is 0 Å². The molecule has 5 nitrogen and oxygen atoms in total. The molecule has 0 aliphatic carbocycles. The summed E-state index contributed by atoms with van der Waals surface area (Å²) in [6, 6.07) is 9.00. The molecule has 2 aromatic rings. The van der Waals surface area contributed by atoms with Crippen LogP contribution in [0.25, 0.3) is 11.8 Å². The highest BCUT2D eigenvalue weighted by molar-refractivity contribution is 6.68. The van der Waals surface area contributed by atoms with E-state index in [-0.39, 0.29) is 0 Å². The standard InChI is InChI=1S/C20H19Cl3O5/c1-24-14-6-5-11(7-16(14)25-2)15-8-12-9-17(26-3)18(27-4)10-13(12)19(28-15)20(21,22)23/h5-10,19H,1-4H3. The number of halogens is 3. The van der Waals surface area contributed by atoms with E-state index in [0.29, 0.717) is 34.3 Å². The minimum absolute atomic E-state index is 0.520. The number of fused-ring (bicyclic) bond motifs is 1. The van der Waals surface area contributed by atoms with E-state index in [0.717, 1.165) is 11.1 Å². The first-order chi connectivity index (χ1) is 13.3. The van der Waals surface area contributed by atoms with Gasteiger partial charge in [0.2, 0.25) is 3.79 Å². The van der Waals surface area contributed by atoms with E-state index in [4.69, 9.17) is 58.5 Å². The average molecular weight is 446 g/mol. The predicted octanol–water partition coefficient (Wildman–Crippen LogP) is 5.66. The molecule has 150 valence electrons. The monoisotopic (exact) mass is 444 g/mol. The fourth-order valence-corrected chi connectivity index (χ4v) is 3.50. The molecule has 0 saturated heterocycles. The predicted molar refractivity (Wildman–Crippen MR) is 111 cm³/mol. The molecule has 1 aliphatic heterocycles. The van der Waals surface area contributed by atoms with Crippen LogP contribution in [0, 0.1) is 0 Å². The second kappa shape index (κ2) is 8.19. The molecule has 28 heavy (non-hydrogen) atoms. The summed E-state index contributed by atoms with van der Waals surface area (Å²) in [4.78, 5) is 0. The van der Waals surface area contributed by atoms with Gasteiger partial charge in [-0.05, 0) is 42.0 Å². The maximum absolute atomic E-state index is 6.23. The SMILES string of the molecule is COc1ccc(C2=Cc3cc(OC)c(OC)cc3C(C(Cl)(Cl)Cl)O2)cc1OC. The summed E-state index contributed by atoms with van der Waals surface area (Å²) in [6.07, 6.45) is 1.01. The Balaban J connectivity index is 2.16. The first kappa shape index (κ1) is 20.8. The molecule has 1 unspecified atom stereocenters. The van der Waals surface area contributed by atoms with Gasteiger partial charge in [-0.15, -0.1) is 0 Å². The van der Waals surface area contributed by atoms with Crippen LogP contribution in [0.2, 0.25) is 0 Å². The molecule has 0 aromatic heterocycles. The van der Waals surface area contributed by atoms with E-state index in [1.807, 2.05) is 18.2 Å². The Morgan fingerprint density at radius 1 is 0.786 bits per heavy atom. The number of benzene rings is 2. The minimum atomic E-state index is -1.70. The topological polar surface area (TPSA) is 46.2 Å². The van der Waals surface area contributed by atoms with Gasteiger partial charge in [-0.3, -0.25) is 0 Å².